The van der Waals surface area contributed by atoms with Gasteiger partial charge in [-0.1, -0.05) is 23.9 Å². The fourth-order valence-corrected chi connectivity index (χ4v) is 3.42. The van der Waals surface area contributed by atoms with E-state index in [-0.39, 0.29) is 17.6 Å². The molecule has 0 spiro atoms. The number of rotatable bonds is 6. The summed E-state index contributed by atoms with van der Waals surface area (Å²) in [5, 5.41) is 6.50. The van der Waals surface area contributed by atoms with Crippen LogP contribution in [-0.2, 0) is 4.79 Å². The van der Waals surface area contributed by atoms with Crippen LogP contribution in [0.15, 0.2) is 47.6 Å². The largest absolute Gasteiger partial charge is 0.349 e. The number of benzene rings is 2. The summed E-state index contributed by atoms with van der Waals surface area (Å²) >= 11 is 1.35. The Morgan fingerprint density at radius 3 is 2.89 bits per heavy atom. The second-order valence-corrected chi connectivity index (χ2v) is 7.69. The number of amides is 2. The molecule has 1 aliphatic rings. The Bertz CT molecular complexity index is 1010. The average Bonchev–Trinajstić information content (AvgIpc) is 3.37. The quantitative estimate of drug-likeness (QED) is 0.571. The number of H-pyrrole nitrogens is 1. The molecule has 0 bridgehead atoms. The number of carbonyl (C=O) groups excluding carboxylic acids is 2. The molecule has 1 heterocycles. The standard InChI is InChI=1S/C20H20N4O2S/c1-12-5-8-16-17(9-12)24-20(23-16)27-11-18(25)21-15-4-2-3-13(10-15)19(26)22-14-6-7-14/h2-5,8-10,14H,6-7,11H2,1H3,(H,21,25)(H,22,26)(H,23,24). The number of thioether (sulfide) groups is 1. The maximum atomic E-state index is 12.2. The Labute approximate surface area is 161 Å². The van der Waals surface area contributed by atoms with E-state index in [2.05, 4.69) is 20.6 Å². The normalized spacial score (nSPS) is 13.5. The number of fused-ring (bicyclic) bond motifs is 1. The third kappa shape index (κ3) is 4.49. The second-order valence-electron chi connectivity index (χ2n) is 6.73. The van der Waals surface area contributed by atoms with Crippen LogP contribution in [0.4, 0.5) is 5.69 Å². The van der Waals surface area contributed by atoms with Crippen LogP contribution in [0, 0.1) is 6.92 Å². The van der Waals surface area contributed by atoms with E-state index >= 15 is 0 Å². The minimum atomic E-state index is -0.142. The first-order valence-electron chi connectivity index (χ1n) is 8.87. The highest BCUT2D eigenvalue weighted by molar-refractivity contribution is 7.99. The number of anilines is 1. The van der Waals surface area contributed by atoms with E-state index in [1.165, 1.54) is 11.8 Å². The number of nitrogens with zero attached hydrogens (tertiary/aromatic N) is 1. The number of aromatic amines is 1. The van der Waals surface area contributed by atoms with Crippen molar-refractivity contribution < 1.29 is 9.59 Å². The molecular formula is C20H20N4O2S. The van der Waals surface area contributed by atoms with E-state index < -0.39 is 0 Å². The molecule has 2 aromatic carbocycles. The Balaban J connectivity index is 1.35. The van der Waals surface area contributed by atoms with Gasteiger partial charge in [-0.15, -0.1) is 0 Å². The van der Waals surface area contributed by atoms with Crippen molar-refractivity contribution in [2.24, 2.45) is 0 Å². The molecule has 1 aromatic heterocycles. The molecule has 6 nitrogen and oxygen atoms in total. The monoisotopic (exact) mass is 380 g/mol. The van der Waals surface area contributed by atoms with Crippen LogP contribution < -0.4 is 10.6 Å². The molecule has 7 heteroatoms. The highest BCUT2D eigenvalue weighted by Crippen LogP contribution is 2.22. The summed E-state index contributed by atoms with van der Waals surface area (Å²) in [6.45, 7) is 2.03. The van der Waals surface area contributed by atoms with Gasteiger partial charge in [0.15, 0.2) is 5.16 Å². The SMILES string of the molecule is Cc1ccc2nc(SCC(=O)Nc3cccc(C(=O)NC4CC4)c3)[nH]c2c1. The second kappa shape index (κ2) is 7.44. The van der Waals surface area contributed by atoms with Gasteiger partial charge in [-0.3, -0.25) is 9.59 Å². The lowest BCUT2D eigenvalue weighted by atomic mass is 10.2. The summed E-state index contributed by atoms with van der Waals surface area (Å²) in [5.41, 5.74) is 4.18. The van der Waals surface area contributed by atoms with Crippen molar-refractivity contribution >= 4 is 40.3 Å². The van der Waals surface area contributed by atoms with E-state index in [0.717, 1.165) is 29.4 Å². The number of imidazole rings is 1. The number of aryl methyl sites for hydroxylation is 1. The van der Waals surface area contributed by atoms with Gasteiger partial charge < -0.3 is 15.6 Å². The summed E-state index contributed by atoms with van der Waals surface area (Å²) in [5.74, 6) is -0.00552. The van der Waals surface area contributed by atoms with Crippen molar-refractivity contribution in [2.75, 3.05) is 11.1 Å². The zero-order valence-electron chi connectivity index (χ0n) is 14.9. The number of carbonyl (C=O) groups is 2. The van der Waals surface area contributed by atoms with Crippen molar-refractivity contribution in [3.63, 3.8) is 0 Å². The number of hydrogen-bond donors (Lipinski definition) is 3. The van der Waals surface area contributed by atoms with Crippen LogP contribution in [0.5, 0.6) is 0 Å². The fourth-order valence-electron chi connectivity index (χ4n) is 2.73. The van der Waals surface area contributed by atoms with Gasteiger partial charge in [0.05, 0.1) is 16.8 Å². The van der Waals surface area contributed by atoms with Crippen LogP contribution in [0.25, 0.3) is 11.0 Å². The van der Waals surface area contributed by atoms with Crippen molar-refractivity contribution in [1.82, 2.24) is 15.3 Å². The number of nitrogens with one attached hydrogen (secondary N) is 3. The van der Waals surface area contributed by atoms with E-state index in [4.69, 9.17) is 0 Å². The van der Waals surface area contributed by atoms with Gasteiger partial charge >= 0.3 is 0 Å². The summed E-state index contributed by atoms with van der Waals surface area (Å²) in [4.78, 5) is 32.1. The minimum absolute atomic E-state index is 0.0967. The third-order valence-electron chi connectivity index (χ3n) is 4.28. The molecule has 27 heavy (non-hydrogen) atoms. The molecule has 1 saturated carbocycles. The van der Waals surface area contributed by atoms with Gasteiger partial charge in [-0.2, -0.15) is 0 Å². The number of hydrogen-bond acceptors (Lipinski definition) is 4. The van der Waals surface area contributed by atoms with Crippen LogP contribution in [0.3, 0.4) is 0 Å². The Morgan fingerprint density at radius 1 is 1.22 bits per heavy atom. The summed E-state index contributed by atoms with van der Waals surface area (Å²) < 4.78 is 0. The van der Waals surface area contributed by atoms with Crippen LogP contribution in [-0.4, -0.2) is 33.6 Å². The molecule has 0 unspecified atom stereocenters. The molecule has 0 radical (unpaired) electrons. The summed E-state index contributed by atoms with van der Waals surface area (Å²) in [6.07, 6.45) is 2.08. The van der Waals surface area contributed by atoms with Crippen molar-refractivity contribution in [3.8, 4) is 0 Å². The maximum absolute atomic E-state index is 12.2. The molecule has 3 N–H and O–H groups in total. The van der Waals surface area contributed by atoms with Crippen LogP contribution in [0.2, 0.25) is 0 Å². The predicted octanol–water partition coefficient (Wildman–Crippen LogP) is 3.49. The van der Waals surface area contributed by atoms with Crippen molar-refractivity contribution in [2.45, 2.75) is 31.0 Å². The molecule has 0 atom stereocenters. The molecule has 1 fully saturated rings. The van der Waals surface area contributed by atoms with E-state index in [1.807, 2.05) is 25.1 Å². The van der Waals surface area contributed by atoms with Crippen LogP contribution >= 0.6 is 11.8 Å². The lowest BCUT2D eigenvalue weighted by molar-refractivity contribution is -0.113. The molecule has 138 valence electrons. The van der Waals surface area contributed by atoms with Crippen LogP contribution in [0.1, 0.15) is 28.8 Å². The predicted molar refractivity (Wildman–Crippen MR) is 107 cm³/mol. The first kappa shape index (κ1) is 17.6. The Hall–Kier alpha value is -2.80. The van der Waals surface area contributed by atoms with Crippen molar-refractivity contribution in [1.29, 1.82) is 0 Å². The molecule has 2 amide bonds. The average molecular weight is 380 g/mol. The lowest BCUT2D eigenvalue weighted by Gasteiger charge is -2.07. The third-order valence-corrected chi connectivity index (χ3v) is 5.15. The zero-order chi connectivity index (χ0) is 18.8. The smallest absolute Gasteiger partial charge is 0.251 e. The molecule has 3 aromatic rings. The highest BCUT2D eigenvalue weighted by atomic mass is 32.2. The summed E-state index contributed by atoms with van der Waals surface area (Å²) in [6, 6.07) is 13.3. The lowest BCUT2D eigenvalue weighted by Crippen LogP contribution is -2.25. The summed E-state index contributed by atoms with van der Waals surface area (Å²) in [7, 11) is 0. The fraction of sp³-hybridized carbons (Fsp3) is 0.250. The van der Waals surface area contributed by atoms with E-state index in [0.29, 0.717) is 22.4 Å². The van der Waals surface area contributed by atoms with Crippen molar-refractivity contribution in [3.05, 3.63) is 53.6 Å². The Kier molecular flexibility index (Phi) is 4.85. The van der Waals surface area contributed by atoms with Gasteiger partial charge in [-0.05, 0) is 55.7 Å². The van der Waals surface area contributed by atoms with Gasteiger partial charge in [0.25, 0.3) is 5.91 Å². The van der Waals surface area contributed by atoms with Gasteiger partial charge in [-0.25, -0.2) is 4.98 Å². The number of aromatic nitrogens is 2. The minimum Gasteiger partial charge on any atom is -0.349 e. The van der Waals surface area contributed by atoms with Gasteiger partial charge in [0.2, 0.25) is 5.91 Å². The molecule has 1 aliphatic carbocycles. The van der Waals surface area contributed by atoms with Gasteiger partial charge in [0, 0.05) is 17.3 Å². The zero-order valence-corrected chi connectivity index (χ0v) is 15.7. The first-order chi connectivity index (χ1) is 13.1. The topological polar surface area (TPSA) is 86.9 Å². The molecule has 4 rings (SSSR count). The van der Waals surface area contributed by atoms with E-state index in [9.17, 15) is 9.59 Å². The highest BCUT2D eigenvalue weighted by Gasteiger charge is 2.23. The van der Waals surface area contributed by atoms with Gasteiger partial charge in [0.1, 0.15) is 0 Å². The first-order valence-corrected chi connectivity index (χ1v) is 9.85. The van der Waals surface area contributed by atoms with E-state index in [1.54, 1.807) is 24.3 Å². The molecule has 0 aliphatic heterocycles. The molecular weight excluding hydrogens is 360 g/mol. The Morgan fingerprint density at radius 2 is 2.07 bits per heavy atom. The molecule has 0 saturated heterocycles. The maximum Gasteiger partial charge on any atom is 0.251 e.